The Hall–Kier alpha value is -0.900. The molecule has 2 nitrogen and oxygen atoms in total. The number of aromatic nitrogens is 1. The molecule has 2 aromatic rings. The lowest BCUT2D eigenvalue weighted by molar-refractivity contribution is 0.628. The van der Waals surface area contributed by atoms with Crippen molar-refractivity contribution in [2.45, 2.75) is 19.9 Å². The maximum atomic E-state index is 6.05. The van der Waals surface area contributed by atoms with Crippen molar-refractivity contribution in [1.82, 2.24) is 10.3 Å². The van der Waals surface area contributed by atoms with Gasteiger partial charge in [0.2, 0.25) is 0 Å². The Morgan fingerprint density at radius 1 is 1.26 bits per heavy atom. The monoisotopic (exact) mass is 338 g/mol. The topological polar surface area (TPSA) is 24.9 Å². The summed E-state index contributed by atoms with van der Waals surface area (Å²) < 4.78 is 0.912. The molecule has 0 aliphatic heterocycles. The first kappa shape index (κ1) is 14.5. The molecule has 4 heteroatoms. The first-order valence-electron chi connectivity index (χ1n) is 6.21. The van der Waals surface area contributed by atoms with Crippen LogP contribution in [0.25, 0.3) is 0 Å². The maximum Gasteiger partial charge on any atom is 0.0592 e. The second-order valence-corrected chi connectivity index (χ2v) is 5.72. The molecule has 0 aliphatic rings. The van der Waals surface area contributed by atoms with Crippen LogP contribution in [0.15, 0.2) is 41.1 Å². The smallest absolute Gasteiger partial charge is 0.0592 e. The molecule has 2 rings (SSSR count). The quantitative estimate of drug-likeness (QED) is 0.887. The summed E-state index contributed by atoms with van der Waals surface area (Å²) in [4.78, 5) is 4.28. The van der Waals surface area contributed by atoms with Crippen LogP contribution >= 0.6 is 27.5 Å². The molecule has 0 bridgehead atoms. The van der Waals surface area contributed by atoms with Gasteiger partial charge in [-0.2, -0.15) is 0 Å². The summed E-state index contributed by atoms with van der Waals surface area (Å²) in [6.07, 6.45) is 3.77. The fraction of sp³-hybridized carbons (Fsp3) is 0.267. The number of hydrogen-bond acceptors (Lipinski definition) is 2. The third-order valence-electron chi connectivity index (χ3n) is 2.91. The van der Waals surface area contributed by atoms with Crippen LogP contribution in [0.2, 0.25) is 5.02 Å². The van der Waals surface area contributed by atoms with E-state index >= 15 is 0 Å². The van der Waals surface area contributed by atoms with E-state index in [1.54, 1.807) is 0 Å². The van der Waals surface area contributed by atoms with Crippen LogP contribution in [0, 0.1) is 6.92 Å². The summed E-state index contributed by atoms with van der Waals surface area (Å²) in [7, 11) is 0. The summed E-state index contributed by atoms with van der Waals surface area (Å²) in [5.41, 5.74) is 3.50. The number of aryl methyl sites for hydroxylation is 1. The molecule has 0 spiro atoms. The largest absolute Gasteiger partial charge is 0.306 e. The van der Waals surface area contributed by atoms with Crippen molar-refractivity contribution in [2.24, 2.45) is 0 Å². The number of halogens is 2. The number of nitrogens with one attached hydrogen (secondary N) is 1. The molecule has 19 heavy (non-hydrogen) atoms. The predicted molar refractivity (Wildman–Crippen MR) is 83.6 cm³/mol. The molecule has 0 saturated heterocycles. The first-order valence-corrected chi connectivity index (χ1v) is 7.38. The van der Waals surface area contributed by atoms with Gasteiger partial charge in [0.25, 0.3) is 0 Å². The van der Waals surface area contributed by atoms with Gasteiger partial charge in [-0.05, 0) is 58.2 Å². The Bertz CT molecular complexity index is 572. The van der Waals surface area contributed by atoms with Crippen LogP contribution in [0.4, 0.5) is 0 Å². The second kappa shape index (κ2) is 6.51. The van der Waals surface area contributed by atoms with E-state index in [9.17, 15) is 0 Å². The van der Waals surface area contributed by atoms with E-state index < -0.39 is 0 Å². The van der Waals surface area contributed by atoms with Gasteiger partial charge in [0, 0.05) is 16.9 Å². The maximum absolute atomic E-state index is 6.05. The van der Waals surface area contributed by atoms with E-state index in [0.717, 1.165) is 27.2 Å². The zero-order chi connectivity index (χ0) is 13.8. The standard InChI is InChI=1S/C15H16BrClN2/c1-3-19-15(12-6-10(2)8-18-9-12)11-4-5-14(17)13(16)7-11/h4-9,15,19H,3H2,1-2H3. The van der Waals surface area contributed by atoms with Gasteiger partial charge in [-0.25, -0.2) is 0 Å². The number of hydrogen-bond donors (Lipinski definition) is 1. The van der Waals surface area contributed by atoms with Crippen LogP contribution in [-0.4, -0.2) is 11.5 Å². The first-order chi connectivity index (χ1) is 9.11. The number of nitrogens with zero attached hydrogens (tertiary/aromatic N) is 1. The van der Waals surface area contributed by atoms with Crippen LogP contribution in [-0.2, 0) is 0 Å². The minimum absolute atomic E-state index is 0.131. The fourth-order valence-electron chi connectivity index (χ4n) is 2.06. The molecule has 1 unspecified atom stereocenters. The highest BCUT2D eigenvalue weighted by atomic mass is 79.9. The lowest BCUT2D eigenvalue weighted by atomic mass is 9.99. The third-order valence-corrected chi connectivity index (χ3v) is 4.13. The molecular weight excluding hydrogens is 324 g/mol. The molecule has 0 aliphatic carbocycles. The van der Waals surface area contributed by atoms with Gasteiger partial charge >= 0.3 is 0 Å². The van der Waals surface area contributed by atoms with Crippen LogP contribution in [0.5, 0.6) is 0 Å². The Morgan fingerprint density at radius 3 is 2.68 bits per heavy atom. The summed E-state index contributed by atoms with van der Waals surface area (Å²) >= 11 is 9.53. The summed E-state index contributed by atoms with van der Waals surface area (Å²) in [5.74, 6) is 0. The molecule has 1 aromatic carbocycles. The van der Waals surface area contributed by atoms with Crippen molar-refractivity contribution in [3.05, 3.63) is 62.8 Å². The number of benzene rings is 1. The second-order valence-electron chi connectivity index (χ2n) is 4.46. The molecule has 0 amide bonds. The summed E-state index contributed by atoms with van der Waals surface area (Å²) in [6, 6.07) is 8.30. The van der Waals surface area contributed by atoms with Crippen molar-refractivity contribution >= 4 is 27.5 Å². The van der Waals surface area contributed by atoms with Gasteiger partial charge < -0.3 is 5.32 Å². The zero-order valence-electron chi connectivity index (χ0n) is 11.0. The average molecular weight is 340 g/mol. The van der Waals surface area contributed by atoms with Gasteiger partial charge in [0.1, 0.15) is 0 Å². The zero-order valence-corrected chi connectivity index (χ0v) is 13.3. The Kier molecular flexibility index (Phi) is 4.97. The summed E-state index contributed by atoms with van der Waals surface area (Å²) in [5, 5.41) is 4.21. The molecule has 1 N–H and O–H groups in total. The van der Waals surface area contributed by atoms with Crippen molar-refractivity contribution in [3.63, 3.8) is 0 Å². The van der Waals surface area contributed by atoms with E-state index in [1.165, 1.54) is 5.56 Å². The molecule has 0 radical (unpaired) electrons. The average Bonchev–Trinajstić information content (AvgIpc) is 2.39. The highest BCUT2D eigenvalue weighted by Gasteiger charge is 2.14. The lowest BCUT2D eigenvalue weighted by Gasteiger charge is -2.19. The van der Waals surface area contributed by atoms with Crippen molar-refractivity contribution in [2.75, 3.05) is 6.54 Å². The lowest BCUT2D eigenvalue weighted by Crippen LogP contribution is -2.22. The summed E-state index contributed by atoms with van der Waals surface area (Å²) in [6.45, 7) is 5.04. The minimum atomic E-state index is 0.131. The van der Waals surface area contributed by atoms with Crippen LogP contribution in [0.1, 0.15) is 29.7 Å². The minimum Gasteiger partial charge on any atom is -0.306 e. The molecule has 100 valence electrons. The number of pyridine rings is 1. The molecule has 1 atom stereocenters. The van der Waals surface area contributed by atoms with E-state index in [1.807, 2.05) is 24.5 Å². The van der Waals surface area contributed by atoms with Crippen LogP contribution in [0.3, 0.4) is 0 Å². The Labute approximate surface area is 127 Å². The van der Waals surface area contributed by atoms with Crippen molar-refractivity contribution in [3.8, 4) is 0 Å². The molecule has 1 heterocycles. The van der Waals surface area contributed by atoms with E-state index in [2.05, 4.69) is 52.2 Å². The van der Waals surface area contributed by atoms with E-state index in [-0.39, 0.29) is 6.04 Å². The van der Waals surface area contributed by atoms with Gasteiger partial charge in [-0.1, -0.05) is 30.7 Å². The van der Waals surface area contributed by atoms with Crippen molar-refractivity contribution < 1.29 is 0 Å². The highest BCUT2D eigenvalue weighted by molar-refractivity contribution is 9.10. The molecular formula is C15H16BrClN2. The van der Waals surface area contributed by atoms with Crippen LogP contribution < -0.4 is 5.32 Å². The highest BCUT2D eigenvalue weighted by Crippen LogP contribution is 2.29. The Balaban J connectivity index is 2.42. The number of rotatable bonds is 4. The Morgan fingerprint density at radius 2 is 2.05 bits per heavy atom. The molecule has 0 fully saturated rings. The van der Waals surface area contributed by atoms with Crippen molar-refractivity contribution in [1.29, 1.82) is 0 Å². The SMILES string of the molecule is CCNC(c1cncc(C)c1)c1ccc(Cl)c(Br)c1. The molecule has 0 saturated carbocycles. The predicted octanol–water partition coefficient (Wildman–Crippen LogP) is 4.50. The van der Waals surface area contributed by atoms with Gasteiger partial charge in [-0.3, -0.25) is 4.98 Å². The van der Waals surface area contributed by atoms with Gasteiger partial charge in [0.15, 0.2) is 0 Å². The van der Waals surface area contributed by atoms with Gasteiger partial charge in [0.05, 0.1) is 11.1 Å². The van der Waals surface area contributed by atoms with E-state index in [4.69, 9.17) is 11.6 Å². The van der Waals surface area contributed by atoms with Gasteiger partial charge in [-0.15, -0.1) is 0 Å². The molecule has 1 aromatic heterocycles. The normalized spacial score (nSPS) is 12.4. The fourth-order valence-corrected chi connectivity index (χ4v) is 2.57. The van der Waals surface area contributed by atoms with E-state index in [0.29, 0.717) is 0 Å². The third kappa shape index (κ3) is 3.56.